The fourth-order valence-corrected chi connectivity index (χ4v) is 4.54. The Morgan fingerprint density at radius 1 is 1.23 bits per heavy atom. The van der Waals surface area contributed by atoms with Crippen LogP contribution in [0.25, 0.3) is 10.9 Å². The standard InChI is InChI=1S/C22H20N6O2S/c1-13(29)28-19(14-6-8-16(30)9-7-14)11-20(27-28)24-22-26-25-21(31-22)10-15-12-23-18-5-3-2-4-17(15)18/h2-9,12,19,23,30H,10-11H2,1H3,(H,24,26,27). The topological polar surface area (TPSA) is 107 Å². The molecule has 8 nitrogen and oxygen atoms in total. The van der Waals surface area contributed by atoms with Crippen LogP contribution in [0, 0.1) is 0 Å². The third-order valence-corrected chi connectivity index (χ3v) is 6.09. The number of amides is 1. The van der Waals surface area contributed by atoms with Crippen molar-refractivity contribution in [2.45, 2.75) is 25.8 Å². The van der Waals surface area contributed by atoms with Crippen molar-refractivity contribution in [3.63, 3.8) is 0 Å². The summed E-state index contributed by atoms with van der Waals surface area (Å²) in [5.74, 6) is 0.734. The number of phenols is 1. The normalized spacial score (nSPS) is 17.4. The number of benzene rings is 2. The lowest BCUT2D eigenvalue weighted by atomic mass is 10.0. The van der Waals surface area contributed by atoms with Crippen molar-refractivity contribution in [3.8, 4) is 5.75 Å². The first-order chi connectivity index (χ1) is 15.1. The van der Waals surface area contributed by atoms with Gasteiger partial charge >= 0.3 is 0 Å². The molecule has 3 N–H and O–H groups in total. The SMILES string of the molecule is CC(=O)N1N/C(=N\c2nnc(Cc3c[nH]c4ccccc34)s2)CC1c1ccc(O)cc1. The van der Waals surface area contributed by atoms with Crippen LogP contribution in [0.15, 0.2) is 59.7 Å². The van der Waals surface area contributed by atoms with E-state index < -0.39 is 0 Å². The van der Waals surface area contributed by atoms with Gasteiger partial charge in [0.15, 0.2) is 0 Å². The summed E-state index contributed by atoms with van der Waals surface area (Å²) in [5, 5.41) is 22.2. The van der Waals surface area contributed by atoms with Crippen LogP contribution in [-0.2, 0) is 11.2 Å². The molecule has 1 amide bonds. The number of fused-ring (bicyclic) bond motifs is 1. The van der Waals surface area contributed by atoms with Crippen LogP contribution < -0.4 is 5.43 Å². The number of aromatic nitrogens is 3. The van der Waals surface area contributed by atoms with Crippen molar-refractivity contribution in [2.75, 3.05) is 0 Å². The van der Waals surface area contributed by atoms with Gasteiger partial charge in [-0.05, 0) is 29.3 Å². The number of nitrogens with zero attached hydrogens (tertiary/aromatic N) is 4. The number of carbonyl (C=O) groups is 1. The molecule has 31 heavy (non-hydrogen) atoms. The van der Waals surface area contributed by atoms with Gasteiger partial charge < -0.3 is 10.1 Å². The Kier molecular flexibility index (Phi) is 4.87. The fraction of sp³-hybridized carbons (Fsp3) is 0.182. The second-order valence-corrected chi connectivity index (χ2v) is 8.43. The Balaban J connectivity index is 1.35. The maximum atomic E-state index is 12.1. The zero-order chi connectivity index (χ0) is 21.4. The molecule has 1 atom stereocenters. The van der Waals surface area contributed by atoms with Gasteiger partial charge in [0.05, 0.1) is 6.04 Å². The van der Waals surface area contributed by atoms with Gasteiger partial charge in [0.2, 0.25) is 11.0 Å². The van der Waals surface area contributed by atoms with Crippen LogP contribution in [-0.4, -0.2) is 37.0 Å². The van der Waals surface area contributed by atoms with Crippen molar-refractivity contribution in [1.29, 1.82) is 0 Å². The van der Waals surface area contributed by atoms with E-state index in [1.54, 1.807) is 17.1 Å². The van der Waals surface area contributed by atoms with Crippen molar-refractivity contribution in [1.82, 2.24) is 25.6 Å². The Hall–Kier alpha value is -3.72. The minimum Gasteiger partial charge on any atom is -0.508 e. The van der Waals surface area contributed by atoms with Crippen molar-refractivity contribution >= 4 is 39.1 Å². The van der Waals surface area contributed by atoms with Crippen molar-refractivity contribution in [3.05, 3.63) is 70.9 Å². The number of nitrogens with one attached hydrogen (secondary N) is 2. The Morgan fingerprint density at radius 2 is 2.03 bits per heavy atom. The van der Waals surface area contributed by atoms with Crippen LogP contribution >= 0.6 is 11.3 Å². The Bertz CT molecular complexity index is 1280. The highest BCUT2D eigenvalue weighted by atomic mass is 32.1. The average Bonchev–Trinajstić information content (AvgIpc) is 3.49. The summed E-state index contributed by atoms with van der Waals surface area (Å²) >= 11 is 1.44. The van der Waals surface area contributed by atoms with Crippen LogP contribution in [0.3, 0.4) is 0 Å². The first-order valence-corrected chi connectivity index (χ1v) is 10.7. The largest absolute Gasteiger partial charge is 0.508 e. The number of aromatic hydroxyl groups is 1. The van der Waals surface area contributed by atoms with E-state index in [4.69, 9.17) is 0 Å². The number of hydrazine groups is 1. The predicted molar refractivity (Wildman–Crippen MR) is 119 cm³/mol. The van der Waals surface area contributed by atoms with E-state index in [0.29, 0.717) is 23.8 Å². The molecule has 1 aliphatic rings. The van der Waals surface area contributed by atoms with E-state index in [1.165, 1.54) is 29.2 Å². The van der Waals surface area contributed by atoms with Crippen LogP contribution in [0.4, 0.5) is 5.13 Å². The molecule has 0 aliphatic carbocycles. The number of para-hydroxylation sites is 1. The summed E-state index contributed by atoms with van der Waals surface area (Å²) in [5.41, 5.74) is 6.27. The molecule has 0 saturated carbocycles. The van der Waals surface area contributed by atoms with Crippen LogP contribution in [0.1, 0.15) is 35.5 Å². The quantitative estimate of drug-likeness (QED) is 0.454. The summed E-state index contributed by atoms with van der Waals surface area (Å²) in [6, 6.07) is 14.8. The van der Waals surface area contributed by atoms with E-state index in [9.17, 15) is 9.90 Å². The molecule has 1 unspecified atom stereocenters. The molecule has 4 aromatic rings. The third kappa shape index (κ3) is 3.87. The number of aliphatic imine (C=N–C) groups is 1. The number of aromatic amines is 1. The van der Waals surface area contributed by atoms with Gasteiger partial charge in [-0.3, -0.25) is 10.2 Å². The molecule has 2 aromatic carbocycles. The summed E-state index contributed by atoms with van der Waals surface area (Å²) in [4.78, 5) is 20.0. The van der Waals surface area contributed by atoms with Gasteiger partial charge in [-0.15, -0.1) is 10.2 Å². The zero-order valence-electron chi connectivity index (χ0n) is 16.7. The van der Waals surface area contributed by atoms with Gasteiger partial charge in [-0.2, -0.15) is 0 Å². The Morgan fingerprint density at radius 3 is 2.84 bits per heavy atom. The second-order valence-electron chi connectivity index (χ2n) is 7.39. The number of hydrogen-bond donors (Lipinski definition) is 3. The highest BCUT2D eigenvalue weighted by Gasteiger charge is 2.32. The lowest BCUT2D eigenvalue weighted by Gasteiger charge is -2.22. The van der Waals surface area contributed by atoms with Gasteiger partial charge in [-0.25, -0.2) is 10.0 Å². The zero-order valence-corrected chi connectivity index (χ0v) is 17.6. The van der Waals surface area contributed by atoms with E-state index in [1.807, 2.05) is 36.5 Å². The summed E-state index contributed by atoms with van der Waals surface area (Å²) < 4.78 is 0. The van der Waals surface area contributed by atoms with E-state index in [0.717, 1.165) is 16.1 Å². The number of hydrogen-bond acceptors (Lipinski definition) is 6. The molecule has 0 bridgehead atoms. The number of rotatable bonds is 4. The predicted octanol–water partition coefficient (Wildman–Crippen LogP) is 3.84. The number of H-pyrrole nitrogens is 1. The summed E-state index contributed by atoms with van der Waals surface area (Å²) in [6.07, 6.45) is 3.21. The number of phenolic OH excluding ortho intramolecular Hbond substituents is 1. The summed E-state index contributed by atoms with van der Waals surface area (Å²) in [6.45, 7) is 1.51. The van der Waals surface area contributed by atoms with Crippen molar-refractivity contribution in [2.24, 2.45) is 4.99 Å². The molecular weight excluding hydrogens is 412 g/mol. The van der Waals surface area contributed by atoms with Crippen LogP contribution in [0.5, 0.6) is 5.75 Å². The molecule has 3 heterocycles. The van der Waals surface area contributed by atoms with E-state index in [-0.39, 0.29) is 17.7 Å². The lowest BCUT2D eigenvalue weighted by molar-refractivity contribution is -0.132. The molecule has 156 valence electrons. The van der Waals surface area contributed by atoms with E-state index >= 15 is 0 Å². The monoisotopic (exact) mass is 432 g/mol. The molecule has 1 fully saturated rings. The highest BCUT2D eigenvalue weighted by Crippen LogP contribution is 2.31. The molecule has 5 rings (SSSR count). The molecule has 9 heteroatoms. The number of carbonyl (C=O) groups excluding carboxylic acids is 1. The third-order valence-electron chi connectivity index (χ3n) is 5.27. The fourth-order valence-electron chi connectivity index (χ4n) is 3.79. The van der Waals surface area contributed by atoms with Gasteiger partial charge in [0.25, 0.3) is 0 Å². The van der Waals surface area contributed by atoms with Gasteiger partial charge in [-0.1, -0.05) is 41.7 Å². The molecular formula is C22H20N6O2S. The molecule has 0 radical (unpaired) electrons. The maximum Gasteiger partial charge on any atom is 0.238 e. The molecule has 1 saturated heterocycles. The minimum absolute atomic E-state index is 0.111. The minimum atomic E-state index is -0.199. The molecule has 1 aliphatic heterocycles. The average molecular weight is 433 g/mol. The van der Waals surface area contributed by atoms with Crippen LogP contribution in [0.2, 0.25) is 0 Å². The maximum absolute atomic E-state index is 12.1. The van der Waals surface area contributed by atoms with Gasteiger partial charge in [0.1, 0.15) is 16.6 Å². The lowest BCUT2D eigenvalue weighted by Crippen LogP contribution is -2.38. The van der Waals surface area contributed by atoms with E-state index in [2.05, 4.69) is 31.7 Å². The molecule has 2 aromatic heterocycles. The van der Waals surface area contributed by atoms with Gasteiger partial charge in [0, 0.05) is 36.9 Å². The Labute approximate surface area is 182 Å². The molecule has 0 spiro atoms. The highest BCUT2D eigenvalue weighted by molar-refractivity contribution is 7.15. The second kappa shape index (κ2) is 7.84. The van der Waals surface area contributed by atoms with Crippen molar-refractivity contribution < 1.29 is 9.90 Å². The first-order valence-electron chi connectivity index (χ1n) is 9.87. The summed E-state index contributed by atoms with van der Waals surface area (Å²) in [7, 11) is 0. The smallest absolute Gasteiger partial charge is 0.238 e. The first kappa shape index (κ1) is 19.3. The number of amidine groups is 1.